The number of rotatable bonds is 18. The predicted molar refractivity (Wildman–Crippen MR) is 109 cm³/mol. The van der Waals surface area contributed by atoms with Crippen molar-refractivity contribution < 1.29 is 22.9 Å². The van der Waals surface area contributed by atoms with E-state index < -0.39 is 22.0 Å². The molecule has 7 nitrogen and oxygen atoms in total. The van der Waals surface area contributed by atoms with E-state index in [0.717, 1.165) is 19.3 Å². The van der Waals surface area contributed by atoms with Crippen molar-refractivity contribution in [2.24, 2.45) is 0 Å². The maximum absolute atomic E-state index is 11.8. The van der Waals surface area contributed by atoms with Crippen LogP contribution in [0.3, 0.4) is 0 Å². The van der Waals surface area contributed by atoms with Crippen LogP contribution >= 0.6 is 0 Å². The molecule has 0 heterocycles. The zero-order valence-corrected chi connectivity index (χ0v) is 18.0. The van der Waals surface area contributed by atoms with Gasteiger partial charge in [-0.25, -0.2) is 0 Å². The SMILES string of the molecule is CCCCCCCCCCCC(=O)NCCCN(C)CC(O)CS(=O)(=O)O. The third-order valence-corrected chi connectivity index (χ3v) is 5.28. The Labute approximate surface area is 165 Å². The van der Waals surface area contributed by atoms with E-state index in [-0.39, 0.29) is 12.5 Å². The fraction of sp³-hybridized carbons (Fsp3) is 0.947. The number of hydrogen-bond acceptors (Lipinski definition) is 5. The Hall–Kier alpha value is -0.700. The minimum Gasteiger partial charge on any atom is -0.391 e. The van der Waals surface area contributed by atoms with Gasteiger partial charge in [-0.05, 0) is 26.4 Å². The Bertz CT molecular complexity index is 471. The lowest BCUT2D eigenvalue weighted by Gasteiger charge is -2.19. The lowest BCUT2D eigenvalue weighted by Crippen LogP contribution is -2.35. The first-order chi connectivity index (χ1) is 12.7. The number of hydrogen-bond donors (Lipinski definition) is 3. The molecule has 1 atom stereocenters. The molecule has 0 saturated carbocycles. The van der Waals surface area contributed by atoms with E-state index in [4.69, 9.17) is 4.55 Å². The third kappa shape index (κ3) is 19.9. The number of likely N-dealkylation sites (N-methyl/N-ethyl adjacent to an activating group) is 1. The van der Waals surface area contributed by atoms with Crippen LogP contribution in [0.25, 0.3) is 0 Å². The van der Waals surface area contributed by atoms with Crippen LogP contribution in [-0.2, 0) is 14.9 Å². The third-order valence-electron chi connectivity index (χ3n) is 4.47. The molecule has 3 N–H and O–H groups in total. The molecule has 8 heteroatoms. The van der Waals surface area contributed by atoms with Gasteiger partial charge in [0.05, 0.1) is 6.10 Å². The Morgan fingerprint density at radius 3 is 2.11 bits per heavy atom. The van der Waals surface area contributed by atoms with E-state index >= 15 is 0 Å². The number of nitrogens with zero attached hydrogens (tertiary/aromatic N) is 1. The summed E-state index contributed by atoms with van der Waals surface area (Å²) in [5.41, 5.74) is 0. The summed E-state index contributed by atoms with van der Waals surface area (Å²) in [5, 5.41) is 12.5. The minimum atomic E-state index is -4.16. The molecule has 0 spiro atoms. The average Bonchev–Trinajstić information content (AvgIpc) is 2.55. The predicted octanol–water partition coefficient (Wildman–Crippen LogP) is 2.59. The van der Waals surface area contributed by atoms with Crippen LogP contribution in [0, 0.1) is 0 Å². The van der Waals surface area contributed by atoms with Crippen molar-refractivity contribution in [2.45, 2.75) is 83.7 Å². The van der Waals surface area contributed by atoms with Gasteiger partial charge in [-0.2, -0.15) is 8.42 Å². The maximum Gasteiger partial charge on any atom is 0.267 e. The monoisotopic (exact) mass is 408 g/mol. The molecule has 0 aromatic heterocycles. The highest BCUT2D eigenvalue weighted by atomic mass is 32.2. The van der Waals surface area contributed by atoms with Gasteiger partial charge in [-0.3, -0.25) is 9.35 Å². The van der Waals surface area contributed by atoms with Crippen LogP contribution < -0.4 is 5.32 Å². The second kappa shape index (κ2) is 16.3. The molecule has 0 aliphatic heterocycles. The number of aliphatic hydroxyl groups excluding tert-OH is 1. The molecule has 0 aromatic rings. The largest absolute Gasteiger partial charge is 0.391 e. The number of unbranched alkanes of at least 4 members (excludes halogenated alkanes) is 8. The Morgan fingerprint density at radius 1 is 1.00 bits per heavy atom. The Kier molecular flexibility index (Phi) is 15.9. The van der Waals surface area contributed by atoms with Crippen LogP contribution in [0.2, 0.25) is 0 Å². The molecule has 0 radical (unpaired) electrons. The average molecular weight is 409 g/mol. The summed E-state index contributed by atoms with van der Waals surface area (Å²) in [6, 6.07) is 0. The molecule has 162 valence electrons. The molecule has 0 aliphatic carbocycles. The second-order valence-electron chi connectivity index (χ2n) is 7.45. The summed E-state index contributed by atoms with van der Waals surface area (Å²) in [4.78, 5) is 13.6. The van der Waals surface area contributed by atoms with Crippen LogP contribution in [-0.4, -0.2) is 67.4 Å². The van der Waals surface area contributed by atoms with Crippen molar-refractivity contribution in [2.75, 3.05) is 32.4 Å². The highest BCUT2D eigenvalue weighted by Gasteiger charge is 2.15. The van der Waals surface area contributed by atoms with Crippen LogP contribution in [0.5, 0.6) is 0 Å². The molecule has 0 aromatic carbocycles. The van der Waals surface area contributed by atoms with E-state index in [1.54, 1.807) is 11.9 Å². The summed E-state index contributed by atoms with van der Waals surface area (Å²) in [7, 11) is -2.40. The Morgan fingerprint density at radius 2 is 1.56 bits per heavy atom. The van der Waals surface area contributed by atoms with Gasteiger partial charge >= 0.3 is 0 Å². The first kappa shape index (κ1) is 26.3. The van der Waals surface area contributed by atoms with Gasteiger partial charge in [-0.1, -0.05) is 58.3 Å². The second-order valence-corrected chi connectivity index (χ2v) is 8.94. The van der Waals surface area contributed by atoms with Gasteiger partial charge in [0.15, 0.2) is 0 Å². The summed E-state index contributed by atoms with van der Waals surface area (Å²) < 4.78 is 30.1. The number of amides is 1. The van der Waals surface area contributed by atoms with Crippen LogP contribution in [0.4, 0.5) is 0 Å². The number of aliphatic hydroxyl groups is 1. The van der Waals surface area contributed by atoms with Crippen molar-refractivity contribution in [3.8, 4) is 0 Å². The van der Waals surface area contributed by atoms with Gasteiger partial charge in [-0.15, -0.1) is 0 Å². The van der Waals surface area contributed by atoms with Crippen molar-refractivity contribution >= 4 is 16.0 Å². The first-order valence-corrected chi connectivity index (χ1v) is 11.9. The topological polar surface area (TPSA) is 107 Å². The highest BCUT2D eigenvalue weighted by molar-refractivity contribution is 7.85. The number of carbonyl (C=O) groups is 1. The van der Waals surface area contributed by atoms with Gasteiger partial charge < -0.3 is 15.3 Å². The lowest BCUT2D eigenvalue weighted by molar-refractivity contribution is -0.121. The normalized spacial score (nSPS) is 13.1. The summed E-state index contributed by atoms with van der Waals surface area (Å²) in [6.07, 6.45) is 11.3. The number of nitrogens with one attached hydrogen (secondary N) is 1. The molecule has 0 saturated heterocycles. The summed E-state index contributed by atoms with van der Waals surface area (Å²) >= 11 is 0. The fourth-order valence-electron chi connectivity index (χ4n) is 3.01. The minimum absolute atomic E-state index is 0.0759. The van der Waals surface area contributed by atoms with Gasteiger partial charge in [0.25, 0.3) is 10.1 Å². The lowest BCUT2D eigenvalue weighted by atomic mass is 10.1. The highest BCUT2D eigenvalue weighted by Crippen LogP contribution is 2.10. The van der Waals surface area contributed by atoms with Crippen LogP contribution in [0.15, 0.2) is 0 Å². The summed E-state index contributed by atoms with van der Waals surface area (Å²) in [6.45, 7) is 3.57. The van der Waals surface area contributed by atoms with Crippen LogP contribution in [0.1, 0.15) is 77.6 Å². The zero-order valence-electron chi connectivity index (χ0n) is 17.2. The number of carbonyl (C=O) groups excluding carboxylic acids is 1. The standard InChI is InChI=1S/C19H40N2O5S/c1-3-4-5-6-7-8-9-10-11-13-19(23)20-14-12-15-21(2)16-18(22)17-27(24,25)26/h18,22H,3-17H2,1-2H3,(H,20,23)(H,24,25,26). The zero-order chi connectivity index (χ0) is 20.5. The molecule has 1 unspecified atom stereocenters. The fourth-order valence-corrected chi connectivity index (χ4v) is 3.60. The smallest absolute Gasteiger partial charge is 0.267 e. The van der Waals surface area contributed by atoms with E-state index in [2.05, 4.69) is 12.2 Å². The quantitative estimate of drug-likeness (QED) is 0.238. The molecule has 27 heavy (non-hydrogen) atoms. The van der Waals surface area contributed by atoms with E-state index in [9.17, 15) is 18.3 Å². The Balaban J connectivity index is 3.50. The molecule has 0 fully saturated rings. The van der Waals surface area contributed by atoms with Gasteiger partial charge in [0.2, 0.25) is 5.91 Å². The van der Waals surface area contributed by atoms with Crippen molar-refractivity contribution in [1.82, 2.24) is 10.2 Å². The molecule has 1 amide bonds. The van der Waals surface area contributed by atoms with E-state index in [0.29, 0.717) is 19.5 Å². The van der Waals surface area contributed by atoms with Crippen molar-refractivity contribution in [3.63, 3.8) is 0 Å². The molecule has 0 bridgehead atoms. The van der Waals surface area contributed by atoms with E-state index in [1.165, 1.54) is 44.9 Å². The van der Waals surface area contributed by atoms with E-state index in [1.807, 2.05) is 0 Å². The molecular weight excluding hydrogens is 368 g/mol. The molecule has 0 rings (SSSR count). The van der Waals surface area contributed by atoms with Crippen molar-refractivity contribution in [1.29, 1.82) is 0 Å². The summed E-state index contributed by atoms with van der Waals surface area (Å²) in [5.74, 6) is -0.584. The van der Waals surface area contributed by atoms with Gasteiger partial charge in [0, 0.05) is 19.5 Å². The molecular formula is C19H40N2O5S. The molecule has 0 aliphatic rings. The maximum atomic E-state index is 11.8. The van der Waals surface area contributed by atoms with Crippen molar-refractivity contribution in [3.05, 3.63) is 0 Å². The first-order valence-electron chi connectivity index (χ1n) is 10.3. The van der Waals surface area contributed by atoms with Gasteiger partial charge in [0.1, 0.15) is 5.75 Å².